The fourth-order valence-corrected chi connectivity index (χ4v) is 2.63. The Morgan fingerprint density at radius 2 is 2.09 bits per heavy atom. The lowest BCUT2D eigenvalue weighted by atomic mass is 10.1. The van der Waals surface area contributed by atoms with Gasteiger partial charge in [-0.05, 0) is 30.2 Å². The summed E-state index contributed by atoms with van der Waals surface area (Å²) < 4.78 is 16.2. The fourth-order valence-electron chi connectivity index (χ4n) is 2.34. The number of ether oxygens (including phenoxy) is 2. The van der Waals surface area contributed by atoms with Crippen molar-refractivity contribution >= 4 is 17.5 Å². The normalized spacial score (nSPS) is 13.0. The van der Waals surface area contributed by atoms with Crippen LogP contribution in [0.2, 0.25) is 5.02 Å². The lowest BCUT2D eigenvalue weighted by molar-refractivity contribution is 0.0953. The Kier molecular flexibility index (Phi) is 4.73. The Hall–Kier alpha value is -2.18. The van der Waals surface area contributed by atoms with Crippen molar-refractivity contribution in [3.63, 3.8) is 0 Å². The molecule has 1 aromatic carbocycles. The molecule has 1 amide bonds. The average Bonchev–Trinajstić information content (AvgIpc) is 3.04. The van der Waals surface area contributed by atoms with Crippen molar-refractivity contribution < 1.29 is 18.7 Å². The van der Waals surface area contributed by atoms with E-state index in [0.717, 1.165) is 5.56 Å². The number of nitrogens with one attached hydrogen (secondary N) is 1. The quantitative estimate of drug-likeness (QED) is 0.873. The maximum Gasteiger partial charge on any atom is 0.254 e. The molecular formula is C16H17ClN2O4. The molecule has 0 fully saturated rings. The second kappa shape index (κ2) is 6.93. The maximum absolute atomic E-state index is 12.0. The topological polar surface area (TPSA) is 86.7 Å². The minimum atomic E-state index is -0.197. The van der Waals surface area contributed by atoms with Gasteiger partial charge in [-0.3, -0.25) is 4.79 Å². The standard InChI is InChI=1S/C16H17ClN2O4/c17-13-5-10(6-14-15(13)22-4-3-21-14)1-2-19-16(20)11-7-12(8-18)23-9-11/h5-7,9H,1-4,8,18H2,(H,19,20). The minimum absolute atomic E-state index is 0.197. The van der Waals surface area contributed by atoms with Crippen LogP contribution in [-0.2, 0) is 13.0 Å². The van der Waals surface area contributed by atoms with E-state index >= 15 is 0 Å². The molecule has 0 bridgehead atoms. The van der Waals surface area contributed by atoms with Gasteiger partial charge in [-0.25, -0.2) is 0 Å². The zero-order chi connectivity index (χ0) is 16.2. The average molecular weight is 337 g/mol. The summed E-state index contributed by atoms with van der Waals surface area (Å²) in [5, 5.41) is 3.35. The van der Waals surface area contributed by atoms with Crippen LogP contribution in [0.15, 0.2) is 28.9 Å². The predicted molar refractivity (Wildman–Crippen MR) is 85.1 cm³/mol. The van der Waals surface area contributed by atoms with Crippen LogP contribution in [0.1, 0.15) is 21.7 Å². The molecule has 1 aliphatic heterocycles. The van der Waals surface area contributed by atoms with Gasteiger partial charge in [0, 0.05) is 6.54 Å². The number of rotatable bonds is 5. The Morgan fingerprint density at radius 1 is 1.26 bits per heavy atom. The second-order valence-corrected chi connectivity index (χ2v) is 5.52. The molecule has 23 heavy (non-hydrogen) atoms. The Labute approximate surface area is 138 Å². The van der Waals surface area contributed by atoms with E-state index in [4.69, 9.17) is 31.2 Å². The van der Waals surface area contributed by atoms with E-state index in [1.54, 1.807) is 6.07 Å². The molecule has 1 aromatic heterocycles. The molecule has 3 rings (SSSR count). The summed E-state index contributed by atoms with van der Waals surface area (Å²) >= 11 is 6.19. The highest BCUT2D eigenvalue weighted by Gasteiger charge is 2.16. The number of carbonyl (C=O) groups is 1. The first-order valence-corrected chi connectivity index (χ1v) is 7.69. The molecule has 3 N–H and O–H groups in total. The van der Waals surface area contributed by atoms with Gasteiger partial charge < -0.3 is 24.9 Å². The third-order valence-corrected chi connectivity index (χ3v) is 3.75. The van der Waals surface area contributed by atoms with Crippen LogP contribution in [0.3, 0.4) is 0 Å². The SMILES string of the molecule is NCc1cc(C(=O)NCCc2cc(Cl)c3c(c2)OCCO3)co1. The van der Waals surface area contributed by atoms with Gasteiger partial charge >= 0.3 is 0 Å². The number of hydrogen-bond acceptors (Lipinski definition) is 5. The molecule has 7 heteroatoms. The molecule has 2 heterocycles. The molecule has 122 valence electrons. The van der Waals surface area contributed by atoms with Crippen LogP contribution < -0.4 is 20.5 Å². The van der Waals surface area contributed by atoms with E-state index in [0.29, 0.717) is 54.0 Å². The van der Waals surface area contributed by atoms with E-state index in [1.165, 1.54) is 6.26 Å². The largest absolute Gasteiger partial charge is 0.486 e. The summed E-state index contributed by atoms with van der Waals surface area (Å²) in [4.78, 5) is 12.0. The number of benzene rings is 1. The molecule has 0 aliphatic carbocycles. The maximum atomic E-state index is 12.0. The third-order valence-electron chi connectivity index (χ3n) is 3.47. The number of halogens is 1. The zero-order valence-corrected chi connectivity index (χ0v) is 13.2. The van der Waals surface area contributed by atoms with Crippen LogP contribution in [0.4, 0.5) is 0 Å². The van der Waals surface area contributed by atoms with Crippen molar-refractivity contribution in [1.29, 1.82) is 0 Å². The molecule has 0 radical (unpaired) electrons. The highest BCUT2D eigenvalue weighted by Crippen LogP contribution is 2.38. The molecule has 0 saturated carbocycles. The van der Waals surface area contributed by atoms with Crippen molar-refractivity contribution in [3.8, 4) is 11.5 Å². The third kappa shape index (κ3) is 3.60. The van der Waals surface area contributed by atoms with Crippen molar-refractivity contribution in [2.75, 3.05) is 19.8 Å². The van der Waals surface area contributed by atoms with Gasteiger partial charge in [0.15, 0.2) is 11.5 Å². The zero-order valence-electron chi connectivity index (χ0n) is 12.4. The van der Waals surface area contributed by atoms with Crippen LogP contribution in [0, 0.1) is 0 Å². The summed E-state index contributed by atoms with van der Waals surface area (Å²) in [6.45, 7) is 1.74. The molecular weight excluding hydrogens is 320 g/mol. The summed E-state index contributed by atoms with van der Waals surface area (Å²) in [7, 11) is 0. The number of furan rings is 1. The van der Waals surface area contributed by atoms with Gasteiger partial charge in [0.2, 0.25) is 0 Å². The van der Waals surface area contributed by atoms with Crippen LogP contribution in [0.25, 0.3) is 0 Å². The van der Waals surface area contributed by atoms with Gasteiger partial charge in [-0.2, -0.15) is 0 Å². The molecule has 1 aliphatic rings. The molecule has 0 spiro atoms. The molecule has 0 atom stereocenters. The van der Waals surface area contributed by atoms with E-state index in [-0.39, 0.29) is 12.5 Å². The lowest BCUT2D eigenvalue weighted by Gasteiger charge is -2.20. The number of carbonyl (C=O) groups excluding carboxylic acids is 1. The first-order valence-electron chi connectivity index (χ1n) is 7.31. The van der Waals surface area contributed by atoms with Gasteiger partial charge in [0.1, 0.15) is 25.2 Å². The number of nitrogens with two attached hydrogens (primary N) is 1. The van der Waals surface area contributed by atoms with E-state index in [9.17, 15) is 4.79 Å². The fraction of sp³-hybridized carbons (Fsp3) is 0.312. The van der Waals surface area contributed by atoms with Gasteiger partial charge in [-0.1, -0.05) is 11.6 Å². The van der Waals surface area contributed by atoms with Gasteiger partial charge in [-0.15, -0.1) is 0 Å². The van der Waals surface area contributed by atoms with Crippen LogP contribution >= 0.6 is 11.6 Å². The van der Waals surface area contributed by atoms with Gasteiger partial charge in [0.25, 0.3) is 5.91 Å². The summed E-state index contributed by atoms with van der Waals surface area (Å²) in [6, 6.07) is 5.35. The first kappa shape index (κ1) is 15.7. The Balaban J connectivity index is 1.58. The van der Waals surface area contributed by atoms with Crippen molar-refractivity contribution in [2.45, 2.75) is 13.0 Å². The second-order valence-electron chi connectivity index (χ2n) is 5.11. The monoisotopic (exact) mass is 336 g/mol. The lowest BCUT2D eigenvalue weighted by Crippen LogP contribution is -2.25. The number of fused-ring (bicyclic) bond motifs is 1. The molecule has 0 saturated heterocycles. The van der Waals surface area contributed by atoms with Gasteiger partial charge in [0.05, 0.1) is 17.1 Å². The smallest absolute Gasteiger partial charge is 0.254 e. The molecule has 0 unspecified atom stereocenters. The van der Waals surface area contributed by atoms with E-state index < -0.39 is 0 Å². The van der Waals surface area contributed by atoms with Crippen LogP contribution in [0.5, 0.6) is 11.5 Å². The molecule has 2 aromatic rings. The minimum Gasteiger partial charge on any atom is -0.486 e. The van der Waals surface area contributed by atoms with E-state index in [1.807, 2.05) is 12.1 Å². The van der Waals surface area contributed by atoms with Crippen molar-refractivity contribution in [1.82, 2.24) is 5.32 Å². The predicted octanol–water partition coefficient (Wildman–Crippen LogP) is 2.14. The van der Waals surface area contributed by atoms with Crippen molar-refractivity contribution in [3.05, 3.63) is 46.4 Å². The summed E-state index contributed by atoms with van der Waals surface area (Å²) in [5.41, 5.74) is 6.88. The summed E-state index contributed by atoms with van der Waals surface area (Å²) in [6.07, 6.45) is 2.03. The Morgan fingerprint density at radius 3 is 2.87 bits per heavy atom. The highest BCUT2D eigenvalue weighted by atomic mass is 35.5. The highest BCUT2D eigenvalue weighted by molar-refractivity contribution is 6.32. The summed E-state index contributed by atoms with van der Waals surface area (Å²) in [5.74, 6) is 1.61. The number of amides is 1. The first-order chi connectivity index (χ1) is 11.2. The van der Waals surface area contributed by atoms with Crippen LogP contribution in [-0.4, -0.2) is 25.7 Å². The van der Waals surface area contributed by atoms with Crippen molar-refractivity contribution in [2.24, 2.45) is 5.73 Å². The van der Waals surface area contributed by atoms with E-state index in [2.05, 4.69) is 5.32 Å². The number of hydrogen-bond donors (Lipinski definition) is 2. The Bertz CT molecular complexity index is 714. The molecule has 6 nitrogen and oxygen atoms in total.